The van der Waals surface area contributed by atoms with Crippen molar-refractivity contribution in [3.63, 3.8) is 0 Å². The second kappa shape index (κ2) is 4.51. The molecule has 1 heteroatoms. The average molecular weight is 247 g/mol. The van der Waals surface area contributed by atoms with Gasteiger partial charge in [-0.2, -0.15) is 0 Å². The first kappa shape index (κ1) is 11.9. The van der Waals surface area contributed by atoms with Crippen molar-refractivity contribution >= 4 is 10.8 Å². The molecule has 19 heavy (non-hydrogen) atoms. The Morgan fingerprint density at radius 3 is 2.16 bits per heavy atom. The van der Waals surface area contributed by atoms with Crippen molar-refractivity contribution in [2.75, 3.05) is 0 Å². The van der Waals surface area contributed by atoms with E-state index in [0.29, 0.717) is 0 Å². The fourth-order valence-electron chi connectivity index (χ4n) is 2.46. The standard InChI is InChI=1S/C18H17N/c1-12-4-7-15(8-5-12)18-11-19-14(3)17-10-13(2)6-9-16(17)18/h4-11H,1-3H3. The van der Waals surface area contributed by atoms with Crippen LogP contribution in [0.4, 0.5) is 0 Å². The summed E-state index contributed by atoms with van der Waals surface area (Å²) in [6.07, 6.45) is 1.98. The topological polar surface area (TPSA) is 12.9 Å². The van der Waals surface area contributed by atoms with Gasteiger partial charge in [-0.3, -0.25) is 4.98 Å². The summed E-state index contributed by atoms with van der Waals surface area (Å²) in [6, 6.07) is 15.2. The van der Waals surface area contributed by atoms with Crippen LogP contribution in [-0.4, -0.2) is 4.98 Å². The molecule has 0 amide bonds. The van der Waals surface area contributed by atoms with Crippen molar-refractivity contribution < 1.29 is 0 Å². The summed E-state index contributed by atoms with van der Waals surface area (Å²) in [6.45, 7) is 6.30. The van der Waals surface area contributed by atoms with E-state index in [1.807, 2.05) is 6.20 Å². The van der Waals surface area contributed by atoms with Gasteiger partial charge in [0.2, 0.25) is 0 Å². The van der Waals surface area contributed by atoms with Crippen molar-refractivity contribution in [3.05, 3.63) is 65.5 Å². The van der Waals surface area contributed by atoms with Crippen LogP contribution in [0.1, 0.15) is 16.8 Å². The van der Waals surface area contributed by atoms with E-state index in [1.54, 1.807) is 0 Å². The Hall–Kier alpha value is -2.15. The molecule has 3 rings (SSSR count). The second-order valence-corrected chi connectivity index (χ2v) is 5.17. The summed E-state index contributed by atoms with van der Waals surface area (Å²) >= 11 is 0. The number of hydrogen-bond donors (Lipinski definition) is 0. The van der Waals surface area contributed by atoms with Crippen LogP contribution in [0.5, 0.6) is 0 Å². The molecule has 0 fully saturated rings. The number of aryl methyl sites for hydroxylation is 3. The van der Waals surface area contributed by atoms with E-state index in [0.717, 1.165) is 5.69 Å². The molecule has 0 saturated heterocycles. The molecule has 0 bridgehead atoms. The smallest absolute Gasteiger partial charge is 0.0451 e. The predicted molar refractivity (Wildman–Crippen MR) is 81.4 cm³/mol. The fraction of sp³-hybridized carbons (Fsp3) is 0.167. The number of pyridine rings is 1. The molecule has 2 aromatic carbocycles. The molecule has 0 radical (unpaired) electrons. The molecule has 0 aliphatic heterocycles. The summed E-state index contributed by atoms with van der Waals surface area (Å²) in [4.78, 5) is 4.55. The molecule has 1 heterocycles. The zero-order chi connectivity index (χ0) is 13.4. The van der Waals surface area contributed by atoms with Crippen molar-refractivity contribution in [1.82, 2.24) is 4.98 Å². The third-order valence-electron chi connectivity index (χ3n) is 3.60. The van der Waals surface area contributed by atoms with E-state index in [-0.39, 0.29) is 0 Å². The van der Waals surface area contributed by atoms with E-state index in [9.17, 15) is 0 Å². The summed E-state index contributed by atoms with van der Waals surface area (Å²) in [5.41, 5.74) is 6.09. The van der Waals surface area contributed by atoms with E-state index in [2.05, 4.69) is 68.2 Å². The summed E-state index contributed by atoms with van der Waals surface area (Å²) in [5, 5.41) is 2.53. The van der Waals surface area contributed by atoms with Crippen molar-refractivity contribution in [2.45, 2.75) is 20.8 Å². The third-order valence-corrected chi connectivity index (χ3v) is 3.60. The molecule has 0 spiro atoms. The van der Waals surface area contributed by atoms with Gasteiger partial charge in [0.1, 0.15) is 0 Å². The Balaban J connectivity index is 2.30. The molecule has 0 aliphatic carbocycles. The summed E-state index contributed by atoms with van der Waals surface area (Å²) in [7, 11) is 0. The number of rotatable bonds is 1. The highest BCUT2D eigenvalue weighted by molar-refractivity contribution is 5.97. The lowest BCUT2D eigenvalue weighted by Gasteiger charge is -2.09. The van der Waals surface area contributed by atoms with Crippen LogP contribution in [0.3, 0.4) is 0 Å². The number of fused-ring (bicyclic) bond motifs is 1. The second-order valence-electron chi connectivity index (χ2n) is 5.17. The highest BCUT2D eigenvalue weighted by atomic mass is 14.7. The Kier molecular flexibility index (Phi) is 2.83. The first-order valence-electron chi connectivity index (χ1n) is 6.58. The number of hydrogen-bond acceptors (Lipinski definition) is 1. The quantitative estimate of drug-likeness (QED) is 0.600. The van der Waals surface area contributed by atoms with Crippen LogP contribution in [-0.2, 0) is 0 Å². The largest absolute Gasteiger partial charge is 0.260 e. The van der Waals surface area contributed by atoms with Crippen LogP contribution in [0.25, 0.3) is 21.9 Å². The van der Waals surface area contributed by atoms with E-state index in [1.165, 1.54) is 33.0 Å². The molecular weight excluding hydrogens is 230 g/mol. The van der Waals surface area contributed by atoms with E-state index < -0.39 is 0 Å². The first-order chi connectivity index (χ1) is 9.15. The highest BCUT2D eigenvalue weighted by Gasteiger charge is 2.07. The van der Waals surface area contributed by atoms with Crippen LogP contribution < -0.4 is 0 Å². The minimum absolute atomic E-state index is 1.09. The lowest BCUT2D eigenvalue weighted by molar-refractivity contribution is 1.23. The average Bonchev–Trinajstić information content (AvgIpc) is 2.41. The highest BCUT2D eigenvalue weighted by Crippen LogP contribution is 2.30. The van der Waals surface area contributed by atoms with E-state index in [4.69, 9.17) is 0 Å². The maximum Gasteiger partial charge on any atom is 0.0451 e. The summed E-state index contributed by atoms with van der Waals surface area (Å²) in [5.74, 6) is 0. The zero-order valence-electron chi connectivity index (χ0n) is 11.6. The van der Waals surface area contributed by atoms with Gasteiger partial charge < -0.3 is 0 Å². The van der Waals surface area contributed by atoms with Gasteiger partial charge in [-0.1, -0.05) is 47.5 Å². The molecule has 0 N–H and O–H groups in total. The fourth-order valence-corrected chi connectivity index (χ4v) is 2.46. The van der Waals surface area contributed by atoms with Gasteiger partial charge >= 0.3 is 0 Å². The molecule has 0 atom stereocenters. The molecule has 0 unspecified atom stereocenters. The Morgan fingerprint density at radius 2 is 1.42 bits per heavy atom. The monoisotopic (exact) mass is 247 g/mol. The van der Waals surface area contributed by atoms with Gasteiger partial charge in [-0.05, 0) is 37.8 Å². The SMILES string of the molecule is Cc1ccc(-c2cnc(C)c3cc(C)ccc23)cc1. The van der Waals surface area contributed by atoms with Crippen LogP contribution in [0, 0.1) is 20.8 Å². The minimum atomic E-state index is 1.09. The number of nitrogens with zero attached hydrogens (tertiary/aromatic N) is 1. The van der Waals surface area contributed by atoms with Gasteiger partial charge in [-0.25, -0.2) is 0 Å². The predicted octanol–water partition coefficient (Wildman–Crippen LogP) is 4.83. The Labute approximate surface area is 113 Å². The molecule has 3 aromatic rings. The lowest BCUT2D eigenvalue weighted by Crippen LogP contribution is -1.89. The molecule has 1 aromatic heterocycles. The normalized spacial score (nSPS) is 10.9. The van der Waals surface area contributed by atoms with Crippen molar-refractivity contribution in [2.24, 2.45) is 0 Å². The van der Waals surface area contributed by atoms with Gasteiger partial charge in [0.05, 0.1) is 0 Å². The maximum atomic E-state index is 4.55. The zero-order valence-corrected chi connectivity index (χ0v) is 11.6. The number of aromatic nitrogens is 1. The minimum Gasteiger partial charge on any atom is -0.260 e. The summed E-state index contributed by atoms with van der Waals surface area (Å²) < 4.78 is 0. The molecule has 94 valence electrons. The first-order valence-corrected chi connectivity index (χ1v) is 6.58. The molecule has 0 aliphatic rings. The number of benzene rings is 2. The van der Waals surface area contributed by atoms with Crippen LogP contribution in [0.2, 0.25) is 0 Å². The lowest BCUT2D eigenvalue weighted by atomic mass is 9.97. The third kappa shape index (κ3) is 2.12. The molecule has 0 saturated carbocycles. The molecule has 1 nitrogen and oxygen atoms in total. The Morgan fingerprint density at radius 1 is 0.737 bits per heavy atom. The van der Waals surface area contributed by atoms with Gasteiger partial charge in [0.25, 0.3) is 0 Å². The van der Waals surface area contributed by atoms with Gasteiger partial charge in [-0.15, -0.1) is 0 Å². The van der Waals surface area contributed by atoms with Gasteiger partial charge in [0, 0.05) is 22.8 Å². The van der Waals surface area contributed by atoms with E-state index >= 15 is 0 Å². The Bertz CT molecular complexity index is 739. The van der Waals surface area contributed by atoms with Gasteiger partial charge in [0.15, 0.2) is 0 Å². The van der Waals surface area contributed by atoms with Crippen molar-refractivity contribution in [1.29, 1.82) is 0 Å². The maximum absolute atomic E-state index is 4.55. The van der Waals surface area contributed by atoms with Crippen LogP contribution >= 0.6 is 0 Å². The van der Waals surface area contributed by atoms with Crippen molar-refractivity contribution in [3.8, 4) is 11.1 Å². The molecular formula is C18H17N. The van der Waals surface area contributed by atoms with Crippen LogP contribution in [0.15, 0.2) is 48.7 Å².